The molecule has 0 aliphatic carbocycles. The second kappa shape index (κ2) is 7.76. The van der Waals surface area contributed by atoms with Gasteiger partial charge in [0.25, 0.3) is 0 Å². The van der Waals surface area contributed by atoms with E-state index < -0.39 is 11.9 Å². The number of carboxylic acids is 1. The summed E-state index contributed by atoms with van der Waals surface area (Å²) >= 11 is 0. The van der Waals surface area contributed by atoms with Gasteiger partial charge in [0.05, 0.1) is 6.42 Å². The number of carbonyl (C=O) groups excluding carboxylic acids is 2. The molecule has 0 saturated carbocycles. The van der Waals surface area contributed by atoms with Crippen LogP contribution in [0.4, 0.5) is 4.79 Å². The zero-order valence-corrected chi connectivity index (χ0v) is 11.4. The summed E-state index contributed by atoms with van der Waals surface area (Å²) in [4.78, 5) is 35.5. The van der Waals surface area contributed by atoms with E-state index in [0.717, 1.165) is 32.1 Å². The largest absolute Gasteiger partial charge is 0.481 e. The van der Waals surface area contributed by atoms with Gasteiger partial charge < -0.3 is 10.0 Å². The number of piperidine rings is 1. The molecule has 1 heterocycles. The van der Waals surface area contributed by atoms with Crippen LogP contribution in [0.3, 0.4) is 0 Å². The summed E-state index contributed by atoms with van der Waals surface area (Å²) in [5.41, 5.74) is 0. The summed E-state index contributed by atoms with van der Waals surface area (Å²) in [5.74, 6) is -1.56. The lowest BCUT2D eigenvalue weighted by atomic mass is 9.99. The molecule has 1 rings (SSSR count). The van der Waals surface area contributed by atoms with Gasteiger partial charge in [-0.2, -0.15) is 0 Å². The fourth-order valence-electron chi connectivity index (χ4n) is 2.38. The van der Waals surface area contributed by atoms with E-state index >= 15 is 0 Å². The minimum atomic E-state index is -1.04. The zero-order chi connectivity index (χ0) is 14.3. The number of carboxylic acid groups (broad SMARTS) is 1. The fourth-order valence-corrected chi connectivity index (χ4v) is 2.38. The number of hydrogen-bond acceptors (Lipinski definition) is 3. The van der Waals surface area contributed by atoms with Gasteiger partial charge in [-0.05, 0) is 25.7 Å². The van der Waals surface area contributed by atoms with Gasteiger partial charge in [0, 0.05) is 19.0 Å². The molecule has 1 atom stereocenters. The van der Waals surface area contributed by atoms with Gasteiger partial charge >= 0.3 is 12.0 Å². The van der Waals surface area contributed by atoms with Crippen LogP contribution in [0.1, 0.15) is 51.9 Å². The van der Waals surface area contributed by atoms with Crippen LogP contribution in [0.2, 0.25) is 0 Å². The SMILES string of the molecule is CCCC1CCCCN1C(=O)NC(=O)CCC(=O)O. The van der Waals surface area contributed by atoms with Crippen molar-refractivity contribution in [1.29, 1.82) is 0 Å². The molecular formula is C13H22N2O4. The second-order valence-electron chi connectivity index (χ2n) is 4.88. The molecule has 1 aliphatic rings. The number of aliphatic carboxylic acids is 1. The van der Waals surface area contributed by atoms with Crippen LogP contribution in [0, 0.1) is 0 Å². The number of amides is 3. The van der Waals surface area contributed by atoms with E-state index in [0.29, 0.717) is 6.54 Å². The minimum Gasteiger partial charge on any atom is -0.481 e. The number of carbonyl (C=O) groups is 3. The van der Waals surface area contributed by atoms with Gasteiger partial charge in [-0.15, -0.1) is 0 Å². The lowest BCUT2D eigenvalue weighted by Crippen LogP contribution is -2.50. The Morgan fingerprint density at radius 1 is 1.26 bits per heavy atom. The quantitative estimate of drug-likeness (QED) is 0.796. The van der Waals surface area contributed by atoms with Gasteiger partial charge in [0.2, 0.25) is 5.91 Å². The van der Waals surface area contributed by atoms with Crippen molar-refractivity contribution in [1.82, 2.24) is 10.2 Å². The molecule has 19 heavy (non-hydrogen) atoms. The Kier molecular flexibility index (Phi) is 6.32. The monoisotopic (exact) mass is 270 g/mol. The summed E-state index contributed by atoms with van der Waals surface area (Å²) in [7, 11) is 0. The standard InChI is InChI=1S/C13H22N2O4/c1-2-5-10-6-3-4-9-15(10)13(19)14-11(16)7-8-12(17)18/h10H,2-9H2,1H3,(H,17,18)(H,14,16,19). The van der Waals surface area contributed by atoms with E-state index in [-0.39, 0.29) is 24.9 Å². The molecule has 1 fully saturated rings. The first-order chi connectivity index (χ1) is 9.04. The number of rotatable bonds is 5. The summed E-state index contributed by atoms with van der Waals surface area (Å²) in [6, 6.07) is -0.181. The van der Waals surface area contributed by atoms with Crippen LogP contribution in [0.15, 0.2) is 0 Å². The third-order valence-corrected chi connectivity index (χ3v) is 3.32. The van der Waals surface area contributed by atoms with Crippen LogP contribution in [-0.4, -0.2) is 40.5 Å². The molecule has 1 aliphatic heterocycles. The Labute approximate surface area is 113 Å². The highest BCUT2D eigenvalue weighted by Gasteiger charge is 2.26. The Hall–Kier alpha value is -1.59. The van der Waals surface area contributed by atoms with Crippen molar-refractivity contribution in [3.05, 3.63) is 0 Å². The Balaban J connectivity index is 2.45. The molecule has 0 aromatic heterocycles. The number of likely N-dealkylation sites (tertiary alicyclic amines) is 1. The summed E-state index contributed by atoms with van der Waals surface area (Å²) in [6.07, 6.45) is 4.58. The minimum absolute atomic E-state index is 0.159. The Morgan fingerprint density at radius 2 is 2.00 bits per heavy atom. The molecule has 1 saturated heterocycles. The van der Waals surface area contributed by atoms with Gasteiger partial charge in [0.1, 0.15) is 0 Å². The lowest BCUT2D eigenvalue weighted by molar-refractivity contribution is -0.138. The van der Waals surface area contributed by atoms with E-state index in [4.69, 9.17) is 5.11 Å². The first-order valence-corrected chi connectivity index (χ1v) is 6.86. The van der Waals surface area contributed by atoms with Crippen molar-refractivity contribution >= 4 is 17.9 Å². The zero-order valence-electron chi connectivity index (χ0n) is 11.4. The molecule has 3 amide bonds. The molecule has 0 spiro atoms. The maximum absolute atomic E-state index is 12.0. The number of imide groups is 1. The fraction of sp³-hybridized carbons (Fsp3) is 0.769. The van der Waals surface area contributed by atoms with Gasteiger partial charge in [-0.1, -0.05) is 13.3 Å². The number of nitrogens with one attached hydrogen (secondary N) is 1. The summed E-state index contributed by atoms with van der Waals surface area (Å²) < 4.78 is 0. The van der Waals surface area contributed by atoms with Crippen LogP contribution >= 0.6 is 0 Å². The van der Waals surface area contributed by atoms with E-state index in [1.165, 1.54) is 0 Å². The predicted octanol–water partition coefficient (Wildman–Crippen LogP) is 1.74. The normalized spacial score (nSPS) is 19.0. The van der Waals surface area contributed by atoms with E-state index in [1.807, 2.05) is 0 Å². The lowest BCUT2D eigenvalue weighted by Gasteiger charge is -2.35. The summed E-state index contributed by atoms with van der Waals surface area (Å²) in [5, 5.41) is 10.8. The third kappa shape index (κ3) is 5.28. The van der Waals surface area contributed by atoms with Crippen LogP contribution < -0.4 is 5.32 Å². The molecule has 1 unspecified atom stereocenters. The van der Waals surface area contributed by atoms with Gasteiger partial charge in [-0.25, -0.2) is 4.79 Å². The molecule has 0 aromatic carbocycles. The average molecular weight is 270 g/mol. The maximum Gasteiger partial charge on any atom is 0.324 e. The van der Waals surface area contributed by atoms with E-state index in [9.17, 15) is 14.4 Å². The summed E-state index contributed by atoms with van der Waals surface area (Å²) in [6.45, 7) is 2.74. The van der Waals surface area contributed by atoms with Crippen molar-refractivity contribution in [3.63, 3.8) is 0 Å². The van der Waals surface area contributed by atoms with Crippen molar-refractivity contribution in [2.24, 2.45) is 0 Å². The topological polar surface area (TPSA) is 86.7 Å². The van der Waals surface area contributed by atoms with Crippen molar-refractivity contribution in [2.45, 2.75) is 57.9 Å². The molecule has 0 aromatic rings. The van der Waals surface area contributed by atoms with E-state index in [1.54, 1.807) is 4.90 Å². The molecular weight excluding hydrogens is 248 g/mol. The molecule has 6 heteroatoms. The highest BCUT2D eigenvalue weighted by Crippen LogP contribution is 2.20. The number of nitrogens with zero attached hydrogens (tertiary/aromatic N) is 1. The first kappa shape index (κ1) is 15.5. The molecule has 0 radical (unpaired) electrons. The molecule has 2 N–H and O–H groups in total. The Bertz CT molecular complexity index is 342. The smallest absolute Gasteiger partial charge is 0.324 e. The van der Waals surface area contributed by atoms with Crippen LogP contribution in [0.5, 0.6) is 0 Å². The van der Waals surface area contributed by atoms with E-state index in [2.05, 4.69) is 12.2 Å². The Morgan fingerprint density at radius 3 is 2.63 bits per heavy atom. The number of hydrogen-bond donors (Lipinski definition) is 2. The molecule has 0 bridgehead atoms. The third-order valence-electron chi connectivity index (χ3n) is 3.32. The number of urea groups is 1. The molecule has 6 nitrogen and oxygen atoms in total. The first-order valence-electron chi connectivity index (χ1n) is 6.86. The van der Waals surface area contributed by atoms with Crippen molar-refractivity contribution < 1.29 is 19.5 Å². The second-order valence-corrected chi connectivity index (χ2v) is 4.88. The predicted molar refractivity (Wildman–Crippen MR) is 69.7 cm³/mol. The highest BCUT2D eigenvalue weighted by atomic mass is 16.4. The van der Waals surface area contributed by atoms with Gasteiger partial charge in [-0.3, -0.25) is 14.9 Å². The maximum atomic E-state index is 12.0. The van der Waals surface area contributed by atoms with Crippen LogP contribution in [-0.2, 0) is 9.59 Å². The van der Waals surface area contributed by atoms with Gasteiger partial charge in [0.15, 0.2) is 0 Å². The van der Waals surface area contributed by atoms with Crippen LogP contribution in [0.25, 0.3) is 0 Å². The average Bonchev–Trinajstić information content (AvgIpc) is 2.37. The van der Waals surface area contributed by atoms with Crippen molar-refractivity contribution in [2.75, 3.05) is 6.54 Å². The molecule has 108 valence electrons. The highest BCUT2D eigenvalue weighted by molar-refractivity contribution is 5.95. The van der Waals surface area contributed by atoms with Crippen molar-refractivity contribution in [3.8, 4) is 0 Å².